The van der Waals surface area contributed by atoms with Crippen LogP contribution in [0, 0.1) is 0 Å². The van der Waals surface area contributed by atoms with Gasteiger partial charge in [0.1, 0.15) is 11.1 Å². The maximum Gasteiger partial charge on any atom is 0.410 e. The normalized spacial score (nSPS) is 16.2. The maximum atomic E-state index is 12.1. The summed E-state index contributed by atoms with van der Waals surface area (Å²) in [5.41, 5.74) is 4.39. The number of nitrogens with zero attached hydrogens (tertiary/aromatic N) is 1. The van der Waals surface area contributed by atoms with Crippen molar-refractivity contribution < 1.29 is 19.1 Å². The predicted molar refractivity (Wildman–Crippen MR) is 83.3 cm³/mol. The van der Waals surface area contributed by atoms with Gasteiger partial charge in [0.15, 0.2) is 0 Å². The average Bonchev–Trinajstić information content (AvgIpc) is 2.40. The van der Waals surface area contributed by atoms with Gasteiger partial charge >= 0.3 is 17.9 Å². The minimum atomic E-state index is -1.06. The predicted octanol–water partition coefficient (Wildman–Crippen LogP) is 0.734. The van der Waals surface area contributed by atoms with Crippen LogP contribution in [0.1, 0.15) is 26.3 Å². The molecule has 0 saturated carbocycles. The third-order valence-corrected chi connectivity index (χ3v) is 3.48. The number of hydrogen-bond donors (Lipinski definition) is 2. The molecule has 1 aliphatic heterocycles. The van der Waals surface area contributed by atoms with E-state index in [2.05, 4.69) is 5.32 Å². The zero-order valence-corrected chi connectivity index (χ0v) is 13.5. The van der Waals surface area contributed by atoms with E-state index < -0.39 is 29.0 Å². The summed E-state index contributed by atoms with van der Waals surface area (Å²) >= 11 is 0. The fourth-order valence-electron chi connectivity index (χ4n) is 2.43. The maximum absolute atomic E-state index is 12.1. The standard InChI is InChI=1S/C16H21N3O4/c1-15(2,3)23-14(22)19-9-16(10-19,18-13(21)12(17)20)11-7-5-4-6-8-11/h4-8H,9-10H2,1-3H3,(H2,17,20)(H,18,21). The molecule has 3 N–H and O–H groups in total. The first-order valence-electron chi connectivity index (χ1n) is 7.28. The highest BCUT2D eigenvalue weighted by atomic mass is 16.6. The number of ether oxygens (including phenoxy) is 1. The van der Waals surface area contributed by atoms with Gasteiger partial charge in [0.2, 0.25) is 0 Å². The van der Waals surface area contributed by atoms with Crippen LogP contribution in [0.15, 0.2) is 30.3 Å². The molecule has 0 radical (unpaired) electrons. The molecule has 0 aromatic heterocycles. The third kappa shape index (κ3) is 3.80. The quantitative estimate of drug-likeness (QED) is 0.785. The lowest BCUT2D eigenvalue weighted by Gasteiger charge is -2.50. The molecular weight excluding hydrogens is 298 g/mol. The molecule has 23 heavy (non-hydrogen) atoms. The van der Waals surface area contributed by atoms with E-state index in [9.17, 15) is 14.4 Å². The summed E-state index contributed by atoms with van der Waals surface area (Å²) in [6.07, 6.45) is -0.461. The lowest BCUT2D eigenvalue weighted by molar-refractivity contribution is -0.140. The van der Waals surface area contributed by atoms with Crippen molar-refractivity contribution in [2.75, 3.05) is 13.1 Å². The van der Waals surface area contributed by atoms with Crippen molar-refractivity contribution in [2.45, 2.75) is 31.9 Å². The molecule has 2 rings (SSSR count). The van der Waals surface area contributed by atoms with Gasteiger partial charge < -0.3 is 20.7 Å². The molecule has 0 bridgehead atoms. The highest BCUT2D eigenvalue weighted by molar-refractivity contribution is 6.34. The Morgan fingerprint density at radius 2 is 1.74 bits per heavy atom. The summed E-state index contributed by atoms with van der Waals surface area (Å²) in [6, 6.07) is 9.14. The topological polar surface area (TPSA) is 102 Å². The van der Waals surface area contributed by atoms with Gasteiger partial charge in [-0.15, -0.1) is 0 Å². The molecule has 1 fully saturated rings. The minimum Gasteiger partial charge on any atom is -0.444 e. The van der Waals surface area contributed by atoms with E-state index in [1.807, 2.05) is 30.3 Å². The van der Waals surface area contributed by atoms with Gasteiger partial charge in [0, 0.05) is 0 Å². The van der Waals surface area contributed by atoms with Crippen LogP contribution in [0.2, 0.25) is 0 Å². The third-order valence-electron chi connectivity index (χ3n) is 3.48. The van der Waals surface area contributed by atoms with Crippen LogP contribution in [0.5, 0.6) is 0 Å². The highest BCUT2D eigenvalue weighted by Crippen LogP contribution is 2.33. The summed E-state index contributed by atoms with van der Waals surface area (Å²) in [5, 5.41) is 2.63. The Bertz CT molecular complexity index is 616. The molecule has 0 spiro atoms. The van der Waals surface area contributed by atoms with Gasteiger partial charge in [-0.1, -0.05) is 30.3 Å². The second-order valence-electron chi connectivity index (χ2n) is 6.60. The van der Waals surface area contributed by atoms with Crippen molar-refractivity contribution in [1.82, 2.24) is 10.2 Å². The number of carbonyl (C=O) groups excluding carboxylic acids is 3. The first-order chi connectivity index (χ1) is 10.6. The second-order valence-corrected chi connectivity index (χ2v) is 6.60. The van der Waals surface area contributed by atoms with E-state index >= 15 is 0 Å². The molecule has 124 valence electrons. The number of amides is 3. The van der Waals surface area contributed by atoms with E-state index in [1.54, 1.807) is 20.8 Å². The van der Waals surface area contributed by atoms with E-state index in [-0.39, 0.29) is 13.1 Å². The van der Waals surface area contributed by atoms with Gasteiger partial charge in [0.05, 0.1) is 13.1 Å². The molecule has 0 aliphatic carbocycles. The lowest BCUT2D eigenvalue weighted by atomic mass is 9.82. The highest BCUT2D eigenvalue weighted by Gasteiger charge is 2.49. The Hall–Kier alpha value is -2.57. The van der Waals surface area contributed by atoms with Gasteiger partial charge in [-0.05, 0) is 26.3 Å². The SMILES string of the molecule is CC(C)(C)OC(=O)N1CC(NC(=O)C(N)=O)(c2ccccc2)C1. The monoisotopic (exact) mass is 319 g/mol. The Labute approximate surface area is 134 Å². The fraction of sp³-hybridized carbons (Fsp3) is 0.438. The smallest absolute Gasteiger partial charge is 0.410 e. The average molecular weight is 319 g/mol. The lowest BCUT2D eigenvalue weighted by Crippen LogP contribution is -2.70. The number of likely N-dealkylation sites (tertiary alicyclic amines) is 1. The van der Waals surface area contributed by atoms with Crippen LogP contribution in [-0.4, -0.2) is 41.5 Å². The van der Waals surface area contributed by atoms with Crippen molar-refractivity contribution in [1.29, 1.82) is 0 Å². The Balaban J connectivity index is 2.15. The van der Waals surface area contributed by atoms with E-state index in [0.29, 0.717) is 0 Å². The number of benzene rings is 1. The molecule has 0 atom stereocenters. The van der Waals surface area contributed by atoms with Crippen LogP contribution >= 0.6 is 0 Å². The molecule has 1 saturated heterocycles. The van der Waals surface area contributed by atoms with Crippen LogP contribution < -0.4 is 11.1 Å². The van der Waals surface area contributed by atoms with Gasteiger partial charge in [-0.3, -0.25) is 9.59 Å². The van der Waals surface area contributed by atoms with Crippen molar-refractivity contribution in [3.8, 4) is 0 Å². The van der Waals surface area contributed by atoms with E-state index in [1.165, 1.54) is 4.90 Å². The number of primary amides is 1. The fourth-order valence-corrected chi connectivity index (χ4v) is 2.43. The van der Waals surface area contributed by atoms with Gasteiger partial charge in [-0.25, -0.2) is 4.79 Å². The number of carbonyl (C=O) groups is 3. The Morgan fingerprint density at radius 1 is 1.17 bits per heavy atom. The molecule has 3 amide bonds. The van der Waals surface area contributed by atoms with Gasteiger partial charge in [-0.2, -0.15) is 0 Å². The van der Waals surface area contributed by atoms with Crippen LogP contribution in [-0.2, 0) is 19.9 Å². The zero-order valence-electron chi connectivity index (χ0n) is 13.5. The zero-order chi connectivity index (χ0) is 17.3. The summed E-state index contributed by atoms with van der Waals surface area (Å²) in [4.78, 5) is 36.3. The molecule has 1 aliphatic rings. The minimum absolute atomic E-state index is 0.213. The van der Waals surface area contributed by atoms with E-state index in [4.69, 9.17) is 10.5 Å². The summed E-state index contributed by atoms with van der Waals surface area (Å²) in [7, 11) is 0. The summed E-state index contributed by atoms with van der Waals surface area (Å²) in [6.45, 7) is 5.77. The largest absolute Gasteiger partial charge is 0.444 e. The van der Waals surface area contributed by atoms with Crippen molar-refractivity contribution in [2.24, 2.45) is 5.73 Å². The Kier molecular flexibility index (Phi) is 4.31. The van der Waals surface area contributed by atoms with Crippen LogP contribution in [0.25, 0.3) is 0 Å². The van der Waals surface area contributed by atoms with Crippen molar-refractivity contribution in [3.63, 3.8) is 0 Å². The first-order valence-corrected chi connectivity index (χ1v) is 7.28. The molecule has 1 aromatic carbocycles. The van der Waals surface area contributed by atoms with E-state index in [0.717, 1.165) is 5.56 Å². The molecule has 1 heterocycles. The number of hydrogen-bond acceptors (Lipinski definition) is 4. The summed E-state index contributed by atoms with van der Waals surface area (Å²) < 4.78 is 5.31. The van der Waals surface area contributed by atoms with Crippen molar-refractivity contribution >= 4 is 17.9 Å². The second kappa shape index (κ2) is 5.91. The number of nitrogens with one attached hydrogen (secondary N) is 1. The number of rotatable bonds is 2. The number of nitrogens with two attached hydrogens (primary N) is 1. The van der Waals surface area contributed by atoms with Crippen LogP contribution in [0.4, 0.5) is 4.79 Å². The van der Waals surface area contributed by atoms with Crippen molar-refractivity contribution in [3.05, 3.63) is 35.9 Å². The summed E-state index contributed by atoms with van der Waals surface area (Å²) in [5.74, 6) is -1.94. The molecule has 7 nitrogen and oxygen atoms in total. The van der Waals surface area contributed by atoms with Crippen LogP contribution in [0.3, 0.4) is 0 Å². The first kappa shape index (κ1) is 16.8. The Morgan fingerprint density at radius 3 is 2.22 bits per heavy atom. The molecule has 7 heteroatoms. The molecular formula is C16H21N3O4. The molecule has 0 unspecified atom stereocenters. The molecule has 1 aromatic rings. The van der Waals surface area contributed by atoms with Gasteiger partial charge in [0.25, 0.3) is 0 Å².